The molecule has 2 heterocycles. The number of ether oxygens (including phenoxy) is 1. The summed E-state index contributed by atoms with van der Waals surface area (Å²) in [5.74, 6) is -0.848. The lowest BCUT2D eigenvalue weighted by molar-refractivity contribution is 0.0666. The highest BCUT2D eigenvalue weighted by Gasteiger charge is 2.18. The van der Waals surface area contributed by atoms with E-state index in [9.17, 15) is 9.59 Å². The third-order valence-electron chi connectivity index (χ3n) is 3.01. The van der Waals surface area contributed by atoms with Crippen molar-refractivity contribution in [2.45, 2.75) is 6.54 Å². The lowest BCUT2D eigenvalue weighted by Crippen LogP contribution is -2.33. The van der Waals surface area contributed by atoms with Crippen molar-refractivity contribution in [3.8, 4) is 0 Å². The van der Waals surface area contributed by atoms with Crippen molar-refractivity contribution in [1.29, 1.82) is 0 Å². The Balaban J connectivity index is 2.20. The molecule has 7 nitrogen and oxygen atoms in total. The molecule has 0 aliphatic carbocycles. The largest absolute Gasteiger partial charge is 0.477 e. The Hall–Kier alpha value is -2.67. The molecule has 0 bridgehead atoms. The highest BCUT2D eigenvalue weighted by molar-refractivity contribution is 5.96. The van der Waals surface area contributed by atoms with Gasteiger partial charge in [0.2, 0.25) is 0 Å². The van der Waals surface area contributed by atoms with E-state index < -0.39 is 5.97 Å². The molecule has 0 spiro atoms. The first kappa shape index (κ1) is 15.7. The molecule has 1 N–H and O–H groups in total. The van der Waals surface area contributed by atoms with Crippen LogP contribution in [0.5, 0.6) is 0 Å². The third kappa shape index (κ3) is 3.92. The minimum atomic E-state index is -1.18. The highest BCUT2D eigenvalue weighted by atomic mass is 16.5. The summed E-state index contributed by atoms with van der Waals surface area (Å²) in [5, 5.41) is 8.96. The normalized spacial score (nSPS) is 10.4. The Kier molecular flexibility index (Phi) is 5.26. The number of carbonyl (C=O) groups is 2. The molecule has 0 saturated carbocycles. The average molecular weight is 304 g/mol. The van der Waals surface area contributed by atoms with Gasteiger partial charge < -0.3 is 19.2 Å². The van der Waals surface area contributed by atoms with E-state index in [1.54, 1.807) is 19.2 Å². The number of aromatic nitrogens is 1. The summed E-state index contributed by atoms with van der Waals surface area (Å²) >= 11 is 0. The number of pyridine rings is 1. The maximum atomic E-state index is 12.6. The van der Waals surface area contributed by atoms with Crippen molar-refractivity contribution < 1.29 is 23.8 Å². The number of carboxylic acids is 1. The molecule has 0 radical (unpaired) electrons. The number of hydrogen-bond acceptors (Lipinski definition) is 5. The van der Waals surface area contributed by atoms with Crippen molar-refractivity contribution >= 4 is 11.9 Å². The molecule has 0 unspecified atom stereocenters. The number of carbonyl (C=O) groups excluding carboxylic acids is 1. The Labute approximate surface area is 127 Å². The molecule has 0 saturated heterocycles. The second-order valence-electron chi connectivity index (χ2n) is 4.53. The van der Waals surface area contributed by atoms with E-state index in [0.29, 0.717) is 18.9 Å². The van der Waals surface area contributed by atoms with Crippen LogP contribution in [-0.4, -0.2) is 47.1 Å². The van der Waals surface area contributed by atoms with Gasteiger partial charge in [-0.3, -0.25) is 4.79 Å². The van der Waals surface area contributed by atoms with Crippen molar-refractivity contribution in [3.63, 3.8) is 0 Å². The number of rotatable bonds is 7. The molecule has 22 heavy (non-hydrogen) atoms. The molecule has 2 rings (SSSR count). The fourth-order valence-electron chi connectivity index (χ4n) is 1.91. The molecular formula is C15H16N2O5. The van der Waals surface area contributed by atoms with Gasteiger partial charge in [-0.05, 0) is 24.3 Å². The number of furan rings is 1. The Morgan fingerprint density at radius 1 is 1.41 bits per heavy atom. The summed E-state index contributed by atoms with van der Waals surface area (Å²) in [6.07, 6.45) is 2.83. The van der Waals surface area contributed by atoms with Gasteiger partial charge in [0.15, 0.2) is 0 Å². The maximum Gasteiger partial charge on any atom is 0.354 e. The van der Waals surface area contributed by atoms with Gasteiger partial charge in [0.05, 0.1) is 19.4 Å². The summed E-state index contributed by atoms with van der Waals surface area (Å²) < 4.78 is 10.3. The van der Waals surface area contributed by atoms with Crippen molar-refractivity contribution in [1.82, 2.24) is 9.88 Å². The van der Waals surface area contributed by atoms with Crippen LogP contribution in [0.4, 0.5) is 0 Å². The van der Waals surface area contributed by atoms with Gasteiger partial charge in [0.25, 0.3) is 5.91 Å². The smallest absolute Gasteiger partial charge is 0.354 e. The van der Waals surface area contributed by atoms with Crippen LogP contribution in [0, 0.1) is 0 Å². The van der Waals surface area contributed by atoms with E-state index >= 15 is 0 Å². The summed E-state index contributed by atoms with van der Waals surface area (Å²) in [7, 11) is 1.55. The first-order valence-electron chi connectivity index (χ1n) is 6.61. The van der Waals surface area contributed by atoms with E-state index in [0.717, 1.165) is 0 Å². The number of aromatic carboxylic acids is 1. The summed E-state index contributed by atoms with van der Waals surface area (Å²) in [4.78, 5) is 28.7. The van der Waals surface area contributed by atoms with Crippen LogP contribution in [-0.2, 0) is 11.3 Å². The van der Waals surface area contributed by atoms with Crippen LogP contribution in [0.3, 0.4) is 0 Å². The number of carboxylic acid groups (broad SMARTS) is 1. The van der Waals surface area contributed by atoms with Gasteiger partial charge >= 0.3 is 5.97 Å². The minimum Gasteiger partial charge on any atom is -0.477 e. The highest BCUT2D eigenvalue weighted by Crippen LogP contribution is 2.11. The van der Waals surface area contributed by atoms with Gasteiger partial charge in [-0.2, -0.15) is 0 Å². The fourth-order valence-corrected chi connectivity index (χ4v) is 1.91. The third-order valence-corrected chi connectivity index (χ3v) is 3.01. The molecule has 7 heteroatoms. The van der Waals surface area contributed by atoms with E-state index in [1.165, 1.54) is 29.5 Å². The zero-order valence-electron chi connectivity index (χ0n) is 12.1. The van der Waals surface area contributed by atoms with E-state index in [-0.39, 0.29) is 23.7 Å². The quantitative estimate of drug-likeness (QED) is 0.836. The van der Waals surface area contributed by atoms with E-state index in [1.807, 2.05) is 0 Å². The van der Waals surface area contributed by atoms with Crippen LogP contribution in [0.25, 0.3) is 0 Å². The van der Waals surface area contributed by atoms with Gasteiger partial charge in [-0.15, -0.1) is 0 Å². The van der Waals surface area contributed by atoms with Crippen LogP contribution in [0.2, 0.25) is 0 Å². The molecule has 0 aliphatic rings. The van der Waals surface area contributed by atoms with Crippen molar-refractivity contribution in [2.75, 3.05) is 20.3 Å². The number of hydrogen-bond donors (Lipinski definition) is 1. The topological polar surface area (TPSA) is 92.9 Å². The van der Waals surface area contributed by atoms with Gasteiger partial charge in [-0.25, -0.2) is 9.78 Å². The lowest BCUT2D eigenvalue weighted by Gasteiger charge is -2.21. The first-order valence-corrected chi connectivity index (χ1v) is 6.61. The SMILES string of the molecule is COCCN(Cc1ccco1)C(=O)c1ccnc(C(=O)O)c1. The Morgan fingerprint density at radius 2 is 2.23 bits per heavy atom. The zero-order valence-corrected chi connectivity index (χ0v) is 12.1. The van der Waals surface area contributed by atoms with Crippen molar-refractivity contribution in [3.05, 3.63) is 53.7 Å². The summed E-state index contributed by atoms with van der Waals surface area (Å²) in [6, 6.07) is 6.24. The number of amides is 1. The molecule has 2 aromatic rings. The van der Waals surface area contributed by atoms with E-state index in [2.05, 4.69) is 4.98 Å². The monoisotopic (exact) mass is 304 g/mol. The molecule has 0 aromatic carbocycles. The molecule has 0 aliphatic heterocycles. The zero-order chi connectivity index (χ0) is 15.9. The first-order chi connectivity index (χ1) is 10.6. The fraction of sp³-hybridized carbons (Fsp3) is 0.267. The molecule has 116 valence electrons. The minimum absolute atomic E-state index is 0.171. The lowest BCUT2D eigenvalue weighted by atomic mass is 10.2. The van der Waals surface area contributed by atoms with Gasteiger partial charge in [0, 0.05) is 25.4 Å². The maximum absolute atomic E-state index is 12.6. The molecule has 0 fully saturated rings. The second kappa shape index (κ2) is 7.37. The Bertz CT molecular complexity index is 639. The van der Waals surface area contributed by atoms with Crippen molar-refractivity contribution in [2.24, 2.45) is 0 Å². The summed E-state index contributed by atoms with van der Waals surface area (Å²) in [5.41, 5.74) is 0.0885. The van der Waals surface area contributed by atoms with Crippen LogP contribution in [0.1, 0.15) is 26.6 Å². The van der Waals surface area contributed by atoms with Crippen LogP contribution in [0.15, 0.2) is 41.1 Å². The second-order valence-corrected chi connectivity index (χ2v) is 4.53. The standard InChI is InChI=1S/C15H16N2O5/c1-21-8-6-17(10-12-3-2-7-22-12)14(18)11-4-5-16-13(9-11)15(19)20/h2-5,7,9H,6,8,10H2,1H3,(H,19,20). The molecular weight excluding hydrogens is 288 g/mol. The van der Waals surface area contributed by atoms with Crippen LogP contribution >= 0.6 is 0 Å². The Morgan fingerprint density at radius 3 is 2.86 bits per heavy atom. The molecule has 2 aromatic heterocycles. The average Bonchev–Trinajstić information content (AvgIpc) is 3.04. The van der Waals surface area contributed by atoms with E-state index in [4.69, 9.17) is 14.3 Å². The molecule has 1 amide bonds. The predicted octanol–water partition coefficient (Wildman–Crippen LogP) is 1.66. The number of methoxy groups -OCH3 is 1. The van der Waals surface area contributed by atoms with Crippen LogP contribution < -0.4 is 0 Å². The van der Waals surface area contributed by atoms with Gasteiger partial charge in [0.1, 0.15) is 11.5 Å². The predicted molar refractivity (Wildman–Crippen MR) is 76.5 cm³/mol. The van der Waals surface area contributed by atoms with Gasteiger partial charge in [-0.1, -0.05) is 0 Å². The summed E-state index contributed by atoms with van der Waals surface area (Å²) in [6.45, 7) is 1.00. The molecule has 0 atom stereocenters. The number of nitrogens with zero attached hydrogens (tertiary/aromatic N) is 2.